The van der Waals surface area contributed by atoms with Gasteiger partial charge in [0.1, 0.15) is 5.73 Å². The van der Waals surface area contributed by atoms with Crippen molar-refractivity contribution in [3.05, 3.63) is 11.1 Å². The quantitative estimate of drug-likeness (QED) is 0.502. The summed E-state index contributed by atoms with van der Waals surface area (Å²) < 4.78 is 6.10. The third-order valence-electron chi connectivity index (χ3n) is 4.44. The van der Waals surface area contributed by atoms with Crippen LogP contribution in [0.25, 0.3) is 0 Å². The summed E-state index contributed by atoms with van der Waals surface area (Å²) in [6.45, 7) is 17.3. The van der Waals surface area contributed by atoms with Crippen molar-refractivity contribution in [2.75, 3.05) is 0 Å². The smallest absolute Gasteiger partial charge is 0.410 e. The number of rotatable bonds is 5. The second-order valence-electron chi connectivity index (χ2n) is 8.24. The Morgan fingerprint density at radius 1 is 1.05 bits per heavy atom. The van der Waals surface area contributed by atoms with E-state index in [2.05, 4.69) is 54.3 Å². The molecular formula is C18H35NO2Si. The molecule has 0 aromatic heterocycles. The maximum absolute atomic E-state index is 12.7. The summed E-state index contributed by atoms with van der Waals surface area (Å²) in [5, 5.41) is 0. The summed E-state index contributed by atoms with van der Waals surface area (Å²) in [7, 11) is -1.62. The van der Waals surface area contributed by atoms with Crippen molar-refractivity contribution in [3.8, 4) is 0 Å². The zero-order valence-electron chi connectivity index (χ0n) is 15.8. The highest BCUT2D eigenvalue weighted by atomic mass is 28.3. The first kappa shape index (κ1) is 19.3. The fourth-order valence-electron chi connectivity index (χ4n) is 3.38. The minimum atomic E-state index is -1.62. The van der Waals surface area contributed by atoms with Crippen LogP contribution in [0.4, 0.5) is 4.79 Å². The zero-order chi connectivity index (χ0) is 17.1. The third kappa shape index (κ3) is 4.87. The summed E-state index contributed by atoms with van der Waals surface area (Å²) in [5.41, 5.74) is 2.87. The lowest BCUT2D eigenvalue weighted by molar-refractivity contribution is 0.0729. The van der Waals surface area contributed by atoms with Gasteiger partial charge in [0, 0.05) is 12.1 Å². The van der Waals surface area contributed by atoms with E-state index < -0.39 is 8.07 Å². The van der Waals surface area contributed by atoms with Crippen molar-refractivity contribution in [2.24, 2.45) is 0 Å². The van der Waals surface area contributed by atoms with Crippen LogP contribution in [0.15, 0.2) is 11.1 Å². The van der Waals surface area contributed by atoms with Crippen LogP contribution >= 0.6 is 0 Å². The van der Waals surface area contributed by atoms with E-state index in [0.717, 1.165) is 12.8 Å². The number of carbonyl (C=O) groups excluding carboxylic acids is 1. The Balaban J connectivity index is 3.03. The normalized spacial score (nSPS) is 17.9. The summed E-state index contributed by atoms with van der Waals surface area (Å²) in [6.07, 6.45) is 4.60. The van der Waals surface area contributed by atoms with E-state index in [-0.39, 0.29) is 23.9 Å². The van der Waals surface area contributed by atoms with E-state index in [4.69, 9.17) is 4.74 Å². The molecule has 1 aliphatic carbocycles. The maximum atomic E-state index is 12.7. The van der Waals surface area contributed by atoms with Gasteiger partial charge in [0.15, 0.2) is 0 Å². The highest BCUT2D eigenvalue weighted by Gasteiger charge is 2.36. The number of hydrogen-bond donors (Lipinski definition) is 0. The molecule has 0 saturated carbocycles. The number of carbonyl (C=O) groups is 1. The van der Waals surface area contributed by atoms with Gasteiger partial charge in [0.05, 0.1) is 8.07 Å². The highest BCUT2D eigenvalue weighted by molar-refractivity contribution is 6.78. The van der Waals surface area contributed by atoms with Crippen molar-refractivity contribution < 1.29 is 9.53 Å². The van der Waals surface area contributed by atoms with Crippen LogP contribution in [-0.2, 0) is 4.74 Å². The Hall–Kier alpha value is -0.773. The second-order valence-corrected chi connectivity index (χ2v) is 13.5. The lowest BCUT2D eigenvalue weighted by Gasteiger charge is -2.37. The van der Waals surface area contributed by atoms with E-state index in [1.165, 1.54) is 24.0 Å². The molecule has 0 N–H and O–H groups in total. The maximum Gasteiger partial charge on any atom is 0.410 e. The molecule has 0 spiro atoms. The van der Waals surface area contributed by atoms with E-state index in [1.807, 2.05) is 4.90 Å². The van der Waals surface area contributed by atoms with Gasteiger partial charge in [-0.2, -0.15) is 0 Å². The molecule has 0 aliphatic heterocycles. The van der Waals surface area contributed by atoms with Crippen LogP contribution in [0.5, 0.6) is 0 Å². The van der Waals surface area contributed by atoms with Gasteiger partial charge in [-0.25, -0.2) is 4.79 Å². The number of hydrogen-bond acceptors (Lipinski definition) is 2. The van der Waals surface area contributed by atoms with Crippen molar-refractivity contribution in [2.45, 2.75) is 97.8 Å². The van der Waals surface area contributed by atoms with Gasteiger partial charge in [-0.1, -0.05) is 25.2 Å². The van der Waals surface area contributed by atoms with Gasteiger partial charge in [0.2, 0.25) is 0 Å². The molecule has 4 heteroatoms. The minimum absolute atomic E-state index is 0.0142. The van der Waals surface area contributed by atoms with Crippen LogP contribution in [-0.4, -0.2) is 36.9 Å². The molecule has 1 rings (SSSR count). The van der Waals surface area contributed by atoms with Crippen LogP contribution in [0.3, 0.4) is 0 Å². The molecule has 0 unspecified atom stereocenters. The van der Waals surface area contributed by atoms with Crippen LogP contribution in [0.2, 0.25) is 19.6 Å². The molecular weight excluding hydrogens is 290 g/mol. The molecule has 3 nitrogen and oxygen atoms in total. The first-order chi connectivity index (χ1) is 10.1. The summed E-state index contributed by atoms with van der Waals surface area (Å²) >= 11 is 0. The fraction of sp³-hybridized carbons (Fsp3) is 0.833. The second kappa shape index (κ2) is 7.67. The van der Waals surface area contributed by atoms with E-state index >= 15 is 0 Å². The average Bonchev–Trinajstić information content (AvgIpc) is 2.34. The zero-order valence-corrected chi connectivity index (χ0v) is 16.8. The summed E-state index contributed by atoms with van der Waals surface area (Å²) in [4.78, 5) is 14.6. The van der Waals surface area contributed by atoms with E-state index in [1.54, 1.807) is 0 Å². The number of allylic oxidation sites excluding steroid dienone is 1. The molecule has 0 aromatic rings. The van der Waals surface area contributed by atoms with Crippen molar-refractivity contribution in [3.63, 3.8) is 0 Å². The lowest BCUT2D eigenvalue weighted by atomic mass is 9.93. The lowest BCUT2D eigenvalue weighted by Crippen LogP contribution is -2.49. The van der Waals surface area contributed by atoms with Gasteiger partial charge in [-0.3, -0.25) is 0 Å². The Labute approximate surface area is 138 Å². The van der Waals surface area contributed by atoms with E-state index in [9.17, 15) is 4.79 Å². The molecule has 1 amide bonds. The van der Waals surface area contributed by atoms with Crippen LogP contribution < -0.4 is 0 Å². The predicted molar refractivity (Wildman–Crippen MR) is 96.9 cm³/mol. The first-order valence-electron chi connectivity index (χ1n) is 8.73. The number of ether oxygens (including phenoxy) is 1. The number of nitrogens with zero attached hydrogens (tertiary/aromatic N) is 1. The molecule has 0 bridgehead atoms. The van der Waals surface area contributed by atoms with Crippen molar-refractivity contribution in [1.82, 2.24) is 4.90 Å². The predicted octanol–water partition coefficient (Wildman–Crippen LogP) is 5.38. The topological polar surface area (TPSA) is 29.5 Å². The molecule has 0 fully saturated rings. The van der Waals surface area contributed by atoms with Gasteiger partial charge in [0.25, 0.3) is 0 Å². The number of amides is 1. The monoisotopic (exact) mass is 325 g/mol. The third-order valence-corrected chi connectivity index (χ3v) is 6.48. The minimum Gasteiger partial charge on any atom is -0.446 e. The van der Waals surface area contributed by atoms with Gasteiger partial charge >= 0.3 is 6.09 Å². The molecule has 1 aliphatic rings. The molecule has 0 aromatic carbocycles. The van der Waals surface area contributed by atoms with Gasteiger partial charge in [-0.15, -0.1) is 0 Å². The largest absolute Gasteiger partial charge is 0.446 e. The Morgan fingerprint density at radius 2 is 1.55 bits per heavy atom. The van der Waals surface area contributed by atoms with E-state index in [0.29, 0.717) is 0 Å². The standard InChI is InChI=1S/C18H35NO2Si/c1-13(2)19(14(3)4)18(20)21-17(22(6,7)8)16-12-10-9-11-15(16)5/h13-14,17H,9-12H2,1-8H3/t17-/m0/s1. The summed E-state index contributed by atoms with van der Waals surface area (Å²) in [5.74, 6) is 0. The average molecular weight is 326 g/mol. The van der Waals surface area contributed by atoms with Crippen LogP contribution in [0, 0.1) is 0 Å². The Kier molecular flexibility index (Phi) is 6.72. The van der Waals surface area contributed by atoms with Gasteiger partial charge < -0.3 is 9.64 Å². The molecule has 0 saturated heterocycles. The van der Waals surface area contributed by atoms with Crippen LogP contribution in [0.1, 0.15) is 60.3 Å². The Bertz CT molecular complexity index is 413. The molecule has 22 heavy (non-hydrogen) atoms. The first-order valence-corrected chi connectivity index (χ1v) is 12.3. The molecule has 128 valence electrons. The van der Waals surface area contributed by atoms with Crippen molar-refractivity contribution in [1.29, 1.82) is 0 Å². The van der Waals surface area contributed by atoms with Gasteiger partial charge in [-0.05, 0) is 65.9 Å². The summed E-state index contributed by atoms with van der Waals surface area (Å²) in [6, 6.07) is 0.326. The Morgan fingerprint density at radius 3 is 1.95 bits per heavy atom. The molecule has 0 radical (unpaired) electrons. The molecule has 0 heterocycles. The highest BCUT2D eigenvalue weighted by Crippen LogP contribution is 2.32. The molecule has 1 atom stereocenters. The fourth-order valence-corrected chi connectivity index (χ4v) is 5.28. The SMILES string of the molecule is CC1=C([C@@H](OC(=O)N(C(C)C)C(C)C)[Si](C)(C)C)CCCC1. The van der Waals surface area contributed by atoms with Crippen molar-refractivity contribution >= 4 is 14.2 Å².